The number of nitrogens with one attached hydrogen (secondary N) is 1. The second-order valence-electron chi connectivity index (χ2n) is 7.02. The van der Waals surface area contributed by atoms with Crippen LogP contribution < -0.4 is 15.0 Å². The molecule has 0 unspecified atom stereocenters. The Hall–Kier alpha value is -3.00. The smallest absolute Gasteiger partial charge is 0.240 e. The number of oxime groups is 1. The predicted octanol–water partition coefficient (Wildman–Crippen LogP) is 2.43. The lowest BCUT2D eigenvalue weighted by atomic mass is 10.1. The summed E-state index contributed by atoms with van der Waals surface area (Å²) in [4.78, 5) is 8.76. The highest BCUT2D eigenvalue weighted by Gasteiger charge is 2.22. The van der Waals surface area contributed by atoms with Gasteiger partial charge >= 0.3 is 0 Å². The van der Waals surface area contributed by atoms with Crippen molar-refractivity contribution in [2.75, 3.05) is 43.5 Å². The van der Waals surface area contributed by atoms with Crippen LogP contribution in [0.3, 0.4) is 0 Å². The lowest BCUT2D eigenvalue weighted by Crippen LogP contribution is -2.50. The van der Waals surface area contributed by atoms with Gasteiger partial charge in [-0.3, -0.25) is 0 Å². The van der Waals surface area contributed by atoms with Gasteiger partial charge in [0.1, 0.15) is 5.69 Å². The molecule has 0 saturated carbocycles. The fraction of sp³-hybridized carbons (Fsp3) is 0.429. The first-order valence-corrected chi connectivity index (χ1v) is 9.82. The molecule has 3 N–H and O–H groups in total. The Morgan fingerprint density at radius 2 is 1.90 bits per heavy atom. The van der Waals surface area contributed by atoms with Crippen LogP contribution in [0.5, 0.6) is 5.88 Å². The third-order valence-corrected chi connectivity index (χ3v) is 5.17. The monoisotopic (exact) mass is 399 g/mol. The average molecular weight is 399 g/mol. The topological polar surface area (TPSA) is 93.4 Å². The van der Waals surface area contributed by atoms with Crippen LogP contribution in [0.15, 0.2) is 35.5 Å². The third-order valence-electron chi connectivity index (χ3n) is 5.17. The zero-order valence-corrected chi connectivity index (χ0v) is 17.2. The molecule has 8 heteroatoms. The highest BCUT2D eigenvalue weighted by Crippen LogP contribution is 2.26. The van der Waals surface area contributed by atoms with Crippen molar-refractivity contribution >= 4 is 17.3 Å². The van der Waals surface area contributed by atoms with E-state index in [0.29, 0.717) is 37.0 Å². The molecular formula is C21H29N5O3. The summed E-state index contributed by atoms with van der Waals surface area (Å²) >= 11 is 0. The summed E-state index contributed by atoms with van der Waals surface area (Å²) in [6.07, 6.45) is 0.689. The highest BCUT2D eigenvalue weighted by atomic mass is 16.5. The maximum Gasteiger partial charge on any atom is 0.240 e. The molecule has 2 aromatic rings. The van der Waals surface area contributed by atoms with Crippen molar-refractivity contribution < 1.29 is 15.1 Å². The molecule has 0 amide bonds. The van der Waals surface area contributed by atoms with E-state index in [1.807, 2.05) is 11.8 Å². The number of hydrogen-bond donors (Lipinski definition) is 3. The van der Waals surface area contributed by atoms with E-state index in [1.165, 1.54) is 11.3 Å². The molecule has 0 bridgehead atoms. The molecule has 0 spiro atoms. The molecule has 29 heavy (non-hydrogen) atoms. The van der Waals surface area contributed by atoms with E-state index in [2.05, 4.69) is 51.5 Å². The summed E-state index contributed by atoms with van der Waals surface area (Å²) in [5, 5.41) is 25.8. The summed E-state index contributed by atoms with van der Waals surface area (Å²) in [6.45, 7) is 6.98. The van der Waals surface area contributed by atoms with Crippen LogP contribution in [0.2, 0.25) is 0 Å². The Bertz CT molecular complexity index is 846. The van der Waals surface area contributed by atoms with E-state index in [-0.39, 0.29) is 6.61 Å². The Labute approximate surface area is 171 Å². The van der Waals surface area contributed by atoms with Crippen molar-refractivity contribution in [3.8, 4) is 5.88 Å². The van der Waals surface area contributed by atoms with Gasteiger partial charge in [0.05, 0.1) is 13.7 Å². The first-order chi connectivity index (χ1) is 14.1. The van der Waals surface area contributed by atoms with Gasteiger partial charge in [-0.2, -0.15) is 0 Å². The predicted molar refractivity (Wildman–Crippen MR) is 114 cm³/mol. The van der Waals surface area contributed by atoms with Crippen molar-refractivity contribution in [1.82, 2.24) is 9.88 Å². The number of aromatic nitrogens is 1. The third kappa shape index (κ3) is 4.71. The Balaban J connectivity index is 1.71. The molecule has 1 aliphatic heterocycles. The molecule has 1 aliphatic rings. The average Bonchev–Trinajstić information content (AvgIpc) is 2.77. The molecule has 1 fully saturated rings. The molecular weight excluding hydrogens is 370 g/mol. The van der Waals surface area contributed by atoms with Crippen LogP contribution >= 0.6 is 0 Å². The van der Waals surface area contributed by atoms with Gasteiger partial charge in [0.15, 0.2) is 0 Å². The van der Waals surface area contributed by atoms with Gasteiger partial charge in [-0.05, 0) is 31.5 Å². The van der Waals surface area contributed by atoms with Gasteiger partial charge < -0.3 is 30.2 Å². The van der Waals surface area contributed by atoms with E-state index in [0.717, 1.165) is 24.3 Å². The minimum absolute atomic E-state index is 0.115. The molecule has 8 nitrogen and oxygen atoms in total. The lowest BCUT2D eigenvalue weighted by molar-refractivity contribution is 0.279. The Morgan fingerprint density at radius 1 is 1.21 bits per heavy atom. The SMILES string of the molecule is CCc1nc(OC)c(NC(=NO)N2CCN(c3ccc(C)cc3)CC2)cc1CO. The number of aliphatic hydroxyl groups is 1. The van der Waals surface area contributed by atoms with Crippen LogP contribution in [0, 0.1) is 6.92 Å². The van der Waals surface area contributed by atoms with Gasteiger partial charge in [0.2, 0.25) is 11.8 Å². The van der Waals surface area contributed by atoms with E-state index in [9.17, 15) is 10.3 Å². The number of rotatable bonds is 5. The molecule has 0 radical (unpaired) electrons. The van der Waals surface area contributed by atoms with E-state index in [1.54, 1.807) is 13.2 Å². The molecule has 3 rings (SSSR count). The Morgan fingerprint density at radius 3 is 2.45 bits per heavy atom. The number of piperazine rings is 1. The quantitative estimate of drug-likeness (QED) is 0.308. The van der Waals surface area contributed by atoms with Crippen LogP contribution in [0.25, 0.3) is 0 Å². The molecule has 1 saturated heterocycles. The number of aliphatic hydroxyl groups excluding tert-OH is 1. The maximum absolute atomic E-state index is 9.63. The summed E-state index contributed by atoms with van der Waals surface area (Å²) in [7, 11) is 1.54. The van der Waals surface area contributed by atoms with Crippen LogP contribution in [-0.2, 0) is 13.0 Å². The van der Waals surface area contributed by atoms with Crippen LogP contribution in [-0.4, -0.2) is 59.4 Å². The van der Waals surface area contributed by atoms with Gasteiger partial charge in [-0.1, -0.05) is 29.8 Å². The van der Waals surface area contributed by atoms with E-state index in [4.69, 9.17) is 4.74 Å². The fourth-order valence-corrected chi connectivity index (χ4v) is 3.48. The number of anilines is 2. The van der Waals surface area contributed by atoms with Gasteiger partial charge in [0.25, 0.3) is 0 Å². The second kappa shape index (κ2) is 9.47. The number of aryl methyl sites for hydroxylation is 2. The number of methoxy groups -OCH3 is 1. The minimum Gasteiger partial charge on any atom is -0.480 e. The molecule has 1 aromatic carbocycles. The Kier molecular flexibility index (Phi) is 6.77. The largest absolute Gasteiger partial charge is 0.480 e. The summed E-state index contributed by atoms with van der Waals surface area (Å²) < 4.78 is 5.39. The zero-order valence-electron chi connectivity index (χ0n) is 17.2. The number of ether oxygens (including phenoxy) is 1. The zero-order chi connectivity index (χ0) is 20.8. The summed E-state index contributed by atoms with van der Waals surface area (Å²) in [5.74, 6) is 0.736. The van der Waals surface area contributed by atoms with E-state index >= 15 is 0 Å². The molecule has 2 heterocycles. The number of nitrogens with zero attached hydrogens (tertiary/aromatic N) is 4. The van der Waals surface area contributed by atoms with Crippen molar-refractivity contribution in [3.63, 3.8) is 0 Å². The molecule has 0 aliphatic carbocycles. The number of benzene rings is 1. The normalized spacial score (nSPS) is 14.8. The van der Waals surface area contributed by atoms with Crippen molar-refractivity contribution in [3.05, 3.63) is 47.2 Å². The summed E-state index contributed by atoms with van der Waals surface area (Å²) in [6, 6.07) is 10.3. The standard InChI is InChI=1S/C21H29N5O3/c1-4-18-16(14-27)13-19(20(22-18)29-3)23-21(24-28)26-11-9-25(10-12-26)17-7-5-15(2)6-8-17/h5-8,13,27-28H,4,9-12,14H2,1-3H3,(H,23,24). The number of pyridine rings is 1. The maximum atomic E-state index is 9.63. The molecule has 156 valence electrons. The summed E-state index contributed by atoms with van der Waals surface area (Å²) in [5.41, 5.74) is 4.49. The van der Waals surface area contributed by atoms with E-state index < -0.39 is 0 Å². The molecule has 0 atom stereocenters. The van der Waals surface area contributed by atoms with Crippen molar-refractivity contribution in [2.24, 2.45) is 5.16 Å². The number of guanidine groups is 1. The number of hydrogen-bond acceptors (Lipinski definition) is 6. The lowest BCUT2D eigenvalue weighted by Gasteiger charge is -2.37. The minimum atomic E-state index is -0.115. The van der Waals surface area contributed by atoms with Gasteiger partial charge in [0, 0.05) is 43.1 Å². The van der Waals surface area contributed by atoms with Crippen molar-refractivity contribution in [2.45, 2.75) is 26.9 Å². The van der Waals surface area contributed by atoms with Crippen LogP contribution in [0.4, 0.5) is 11.4 Å². The van der Waals surface area contributed by atoms with Crippen LogP contribution in [0.1, 0.15) is 23.7 Å². The fourth-order valence-electron chi connectivity index (χ4n) is 3.48. The van der Waals surface area contributed by atoms with Gasteiger partial charge in [-0.15, -0.1) is 0 Å². The second-order valence-corrected chi connectivity index (χ2v) is 7.02. The van der Waals surface area contributed by atoms with Crippen molar-refractivity contribution in [1.29, 1.82) is 0 Å². The highest BCUT2D eigenvalue weighted by molar-refractivity contribution is 5.94. The first-order valence-electron chi connectivity index (χ1n) is 9.82. The molecule has 1 aromatic heterocycles. The van der Waals surface area contributed by atoms with Gasteiger partial charge in [-0.25, -0.2) is 4.98 Å². The first kappa shape index (κ1) is 20.7.